The molecule has 9 heteroatoms. The van der Waals surface area contributed by atoms with E-state index in [0.717, 1.165) is 6.07 Å². The second kappa shape index (κ2) is 6.87. The van der Waals surface area contributed by atoms with Gasteiger partial charge in [-0.2, -0.15) is 0 Å². The molecule has 0 aromatic heterocycles. The Morgan fingerprint density at radius 1 is 1.04 bits per heavy atom. The first-order valence-corrected chi connectivity index (χ1v) is 7.51. The number of nitrogens with one attached hydrogen (secondary N) is 3. The lowest BCUT2D eigenvalue weighted by molar-refractivity contribution is -0.122. The zero-order valence-corrected chi connectivity index (χ0v) is 13.1. The van der Waals surface area contributed by atoms with E-state index >= 15 is 0 Å². The largest absolute Gasteiger partial charge is 0.340 e. The molecule has 26 heavy (non-hydrogen) atoms. The fourth-order valence-corrected chi connectivity index (χ4v) is 2.46. The van der Waals surface area contributed by atoms with Crippen LogP contribution in [0.3, 0.4) is 0 Å². The summed E-state index contributed by atoms with van der Waals surface area (Å²) in [4.78, 5) is 36.4. The van der Waals surface area contributed by atoms with E-state index in [9.17, 15) is 27.6 Å². The number of hydrogen-bond acceptors (Lipinski definition) is 3. The monoisotopic (exact) mass is 363 g/mol. The number of para-hydroxylation sites is 1. The third-order valence-electron chi connectivity index (χ3n) is 3.75. The van der Waals surface area contributed by atoms with Crippen molar-refractivity contribution in [2.45, 2.75) is 12.5 Å². The highest BCUT2D eigenvalue weighted by Gasteiger charge is 2.29. The highest BCUT2D eigenvalue weighted by molar-refractivity contribution is 6.11. The van der Waals surface area contributed by atoms with Gasteiger partial charge in [0.25, 0.3) is 5.91 Å². The predicted molar refractivity (Wildman–Crippen MR) is 85.9 cm³/mol. The fourth-order valence-electron chi connectivity index (χ4n) is 2.46. The Bertz CT molecular complexity index is 917. The summed E-state index contributed by atoms with van der Waals surface area (Å²) in [6, 6.07) is 6.58. The highest BCUT2D eigenvalue weighted by atomic mass is 19.2. The van der Waals surface area contributed by atoms with Crippen LogP contribution in [0.5, 0.6) is 0 Å². The smallest absolute Gasteiger partial charge is 0.254 e. The number of hydrogen-bond donors (Lipinski definition) is 3. The number of benzene rings is 2. The molecule has 0 bridgehead atoms. The number of rotatable bonds is 3. The number of anilines is 2. The van der Waals surface area contributed by atoms with Gasteiger partial charge in [-0.25, -0.2) is 13.2 Å². The maximum Gasteiger partial charge on any atom is 0.254 e. The molecule has 0 saturated heterocycles. The fraction of sp³-hybridized carbons (Fsp3) is 0.118. The van der Waals surface area contributed by atoms with Crippen LogP contribution in [0, 0.1) is 17.5 Å². The predicted octanol–water partition coefficient (Wildman–Crippen LogP) is 2.18. The first kappa shape index (κ1) is 17.5. The molecule has 2 aromatic carbocycles. The van der Waals surface area contributed by atoms with Crippen LogP contribution < -0.4 is 16.0 Å². The van der Waals surface area contributed by atoms with Crippen LogP contribution in [-0.2, 0) is 9.59 Å². The van der Waals surface area contributed by atoms with Crippen LogP contribution in [0.15, 0.2) is 36.4 Å². The van der Waals surface area contributed by atoms with Gasteiger partial charge in [-0.3, -0.25) is 14.4 Å². The maximum absolute atomic E-state index is 13.6. The molecule has 3 rings (SSSR count). The summed E-state index contributed by atoms with van der Waals surface area (Å²) in [5, 5.41) is 6.96. The van der Waals surface area contributed by atoms with E-state index in [1.165, 1.54) is 12.1 Å². The normalized spacial score (nSPS) is 16.2. The topological polar surface area (TPSA) is 87.3 Å². The van der Waals surface area contributed by atoms with Crippen LogP contribution in [0.25, 0.3) is 0 Å². The maximum atomic E-state index is 13.6. The Balaban J connectivity index is 1.73. The quantitative estimate of drug-likeness (QED) is 0.731. The van der Waals surface area contributed by atoms with Gasteiger partial charge in [0.15, 0.2) is 17.5 Å². The van der Waals surface area contributed by atoms with E-state index in [1.54, 1.807) is 12.1 Å². The lowest BCUT2D eigenvalue weighted by Gasteiger charge is -2.14. The van der Waals surface area contributed by atoms with Crippen molar-refractivity contribution in [2.24, 2.45) is 0 Å². The second-order valence-electron chi connectivity index (χ2n) is 5.54. The van der Waals surface area contributed by atoms with Crippen LogP contribution in [0.2, 0.25) is 0 Å². The molecule has 0 aliphatic carbocycles. The first-order chi connectivity index (χ1) is 12.4. The molecule has 1 aliphatic rings. The third-order valence-corrected chi connectivity index (χ3v) is 3.75. The average Bonchev–Trinajstić information content (AvgIpc) is 2.72. The summed E-state index contributed by atoms with van der Waals surface area (Å²) in [7, 11) is 0. The summed E-state index contributed by atoms with van der Waals surface area (Å²) < 4.78 is 39.7. The minimum atomic E-state index is -1.72. The zero-order valence-electron chi connectivity index (χ0n) is 13.1. The van der Waals surface area contributed by atoms with Crippen LogP contribution >= 0.6 is 0 Å². The summed E-state index contributed by atoms with van der Waals surface area (Å²) in [6.45, 7) is 0. The van der Waals surface area contributed by atoms with E-state index in [-0.39, 0.29) is 5.56 Å². The summed E-state index contributed by atoms with van der Waals surface area (Å²) in [6.07, 6.45) is -0.524. The molecule has 0 fully saturated rings. The SMILES string of the molecule is O=C(C[C@@H]1NC(=O)c2ccccc2NC1=O)Nc1ccc(F)c(F)c1F. The van der Waals surface area contributed by atoms with Crippen LogP contribution in [-0.4, -0.2) is 23.8 Å². The van der Waals surface area contributed by atoms with Crippen molar-refractivity contribution in [1.82, 2.24) is 5.32 Å². The molecular formula is C17H12F3N3O3. The van der Waals surface area contributed by atoms with Crippen molar-refractivity contribution in [3.05, 3.63) is 59.4 Å². The Kier molecular flexibility index (Phi) is 4.61. The van der Waals surface area contributed by atoms with E-state index in [0.29, 0.717) is 11.8 Å². The number of carbonyl (C=O) groups is 3. The van der Waals surface area contributed by atoms with Gasteiger partial charge in [-0.1, -0.05) is 12.1 Å². The van der Waals surface area contributed by atoms with Crippen molar-refractivity contribution in [3.8, 4) is 0 Å². The summed E-state index contributed by atoms with van der Waals surface area (Å²) in [5.41, 5.74) is -0.0440. The zero-order chi connectivity index (χ0) is 18.8. The molecule has 0 radical (unpaired) electrons. The molecule has 134 valence electrons. The second-order valence-corrected chi connectivity index (χ2v) is 5.54. The molecule has 6 nitrogen and oxygen atoms in total. The van der Waals surface area contributed by atoms with Gasteiger partial charge in [-0.05, 0) is 24.3 Å². The van der Waals surface area contributed by atoms with E-state index < -0.39 is 53.3 Å². The standard InChI is InChI=1S/C17H12F3N3O3/c18-9-5-6-11(15(20)14(9)19)21-13(24)7-12-17(26)22-10-4-2-1-3-8(10)16(25)23-12/h1-6,12H,7H2,(H,21,24)(H,22,26)(H,23,25)/t12-/m0/s1. The van der Waals surface area contributed by atoms with Crippen molar-refractivity contribution in [2.75, 3.05) is 10.6 Å². The van der Waals surface area contributed by atoms with E-state index in [1.807, 2.05) is 0 Å². The Morgan fingerprint density at radius 2 is 1.77 bits per heavy atom. The van der Waals surface area contributed by atoms with Gasteiger partial charge in [-0.15, -0.1) is 0 Å². The number of carbonyl (C=O) groups excluding carboxylic acids is 3. The van der Waals surface area contributed by atoms with Gasteiger partial charge < -0.3 is 16.0 Å². The lowest BCUT2D eigenvalue weighted by atomic mass is 10.1. The van der Waals surface area contributed by atoms with Gasteiger partial charge in [0.05, 0.1) is 23.4 Å². The molecule has 1 heterocycles. The molecule has 0 saturated carbocycles. The average molecular weight is 363 g/mol. The van der Waals surface area contributed by atoms with Gasteiger partial charge >= 0.3 is 0 Å². The van der Waals surface area contributed by atoms with Crippen molar-refractivity contribution in [1.29, 1.82) is 0 Å². The molecular weight excluding hydrogens is 351 g/mol. The van der Waals surface area contributed by atoms with Crippen molar-refractivity contribution in [3.63, 3.8) is 0 Å². The van der Waals surface area contributed by atoms with E-state index in [2.05, 4.69) is 16.0 Å². The Morgan fingerprint density at radius 3 is 2.54 bits per heavy atom. The molecule has 1 aliphatic heterocycles. The Labute approximate surface area is 145 Å². The third kappa shape index (κ3) is 3.37. The molecule has 3 amide bonds. The summed E-state index contributed by atoms with van der Waals surface area (Å²) in [5.74, 6) is -6.73. The van der Waals surface area contributed by atoms with Crippen molar-refractivity contribution >= 4 is 29.1 Å². The minimum Gasteiger partial charge on any atom is -0.340 e. The summed E-state index contributed by atoms with van der Waals surface area (Å²) >= 11 is 0. The van der Waals surface area contributed by atoms with Gasteiger partial charge in [0, 0.05) is 0 Å². The van der Waals surface area contributed by atoms with Gasteiger partial charge in [0.2, 0.25) is 11.8 Å². The first-order valence-electron chi connectivity index (χ1n) is 7.51. The lowest BCUT2D eigenvalue weighted by Crippen LogP contribution is -2.43. The van der Waals surface area contributed by atoms with Crippen molar-refractivity contribution < 1.29 is 27.6 Å². The molecule has 3 N–H and O–H groups in total. The number of amides is 3. The highest BCUT2D eigenvalue weighted by Crippen LogP contribution is 2.21. The molecule has 0 unspecified atom stereocenters. The van der Waals surface area contributed by atoms with E-state index in [4.69, 9.17) is 0 Å². The number of halogens is 3. The molecule has 0 spiro atoms. The van der Waals surface area contributed by atoms with Crippen LogP contribution in [0.4, 0.5) is 24.5 Å². The molecule has 1 atom stereocenters. The minimum absolute atomic E-state index is 0.232. The molecule has 2 aromatic rings. The Hall–Kier alpha value is -3.36. The van der Waals surface area contributed by atoms with Gasteiger partial charge in [0.1, 0.15) is 6.04 Å². The number of fused-ring (bicyclic) bond motifs is 1. The van der Waals surface area contributed by atoms with Crippen LogP contribution in [0.1, 0.15) is 16.8 Å².